The Morgan fingerprint density at radius 3 is 2.17 bits per heavy atom. The predicted octanol–water partition coefficient (Wildman–Crippen LogP) is 4.00. The first-order chi connectivity index (χ1) is 13.8. The quantitative estimate of drug-likeness (QED) is 0.772. The number of sulfonamides is 1. The normalized spacial score (nSPS) is 20.2. The molecule has 1 aliphatic rings. The van der Waals surface area contributed by atoms with Crippen LogP contribution in [0, 0.1) is 11.8 Å². The van der Waals surface area contributed by atoms with Crippen LogP contribution in [0.1, 0.15) is 37.6 Å². The molecule has 0 bridgehead atoms. The van der Waals surface area contributed by atoms with Crippen molar-refractivity contribution in [3.05, 3.63) is 54.1 Å². The van der Waals surface area contributed by atoms with Crippen LogP contribution in [0.15, 0.2) is 53.4 Å². The second-order valence-corrected chi connectivity index (χ2v) is 9.64. The Kier molecular flexibility index (Phi) is 6.59. The van der Waals surface area contributed by atoms with Crippen LogP contribution in [0.5, 0.6) is 5.75 Å². The third-order valence-electron chi connectivity index (χ3n) is 5.01. The maximum atomic E-state index is 12.9. The number of carbonyl (C=O) groups excluding carboxylic acids is 1. The van der Waals surface area contributed by atoms with Gasteiger partial charge in [0, 0.05) is 24.3 Å². The monoisotopic (exact) mass is 416 g/mol. The molecule has 1 N–H and O–H groups in total. The van der Waals surface area contributed by atoms with Gasteiger partial charge in [0.1, 0.15) is 5.75 Å². The first-order valence-electron chi connectivity index (χ1n) is 9.94. The molecule has 0 aromatic heterocycles. The summed E-state index contributed by atoms with van der Waals surface area (Å²) in [5.74, 6) is 1.13. The van der Waals surface area contributed by atoms with Crippen LogP contribution in [0.3, 0.4) is 0 Å². The minimum atomic E-state index is -3.55. The Morgan fingerprint density at radius 2 is 1.62 bits per heavy atom. The van der Waals surface area contributed by atoms with Gasteiger partial charge in [0.05, 0.1) is 11.5 Å². The van der Waals surface area contributed by atoms with E-state index in [2.05, 4.69) is 19.2 Å². The summed E-state index contributed by atoms with van der Waals surface area (Å²) >= 11 is 0. The number of piperidine rings is 1. The number of anilines is 1. The van der Waals surface area contributed by atoms with E-state index in [1.54, 1.807) is 40.7 Å². The van der Waals surface area contributed by atoms with Crippen molar-refractivity contribution in [2.75, 3.05) is 25.0 Å². The molecule has 29 heavy (non-hydrogen) atoms. The maximum absolute atomic E-state index is 12.9. The Morgan fingerprint density at radius 1 is 1.03 bits per heavy atom. The van der Waals surface area contributed by atoms with Crippen LogP contribution >= 0.6 is 0 Å². The van der Waals surface area contributed by atoms with E-state index >= 15 is 0 Å². The summed E-state index contributed by atoms with van der Waals surface area (Å²) in [6.45, 7) is 7.71. The number of hydrogen-bond acceptors (Lipinski definition) is 4. The predicted molar refractivity (Wildman–Crippen MR) is 114 cm³/mol. The lowest BCUT2D eigenvalue weighted by Gasteiger charge is -2.34. The number of nitrogens with zero attached hydrogens (tertiary/aromatic N) is 1. The maximum Gasteiger partial charge on any atom is 0.255 e. The zero-order valence-corrected chi connectivity index (χ0v) is 17.9. The van der Waals surface area contributed by atoms with Crippen LogP contribution in [-0.4, -0.2) is 38.3 Å². The molecule has 2 atom stereocenters. The molecule has 6 nitrogen and oxygen atoms in total. The molecule has 0 spiro atoms. The van der Waals surface area contributed by atoms with Crippen LogP contribution in [0.4, 0.5) is 5.69 Å². The number of carbonyl (C=O) groups is 1. The molecule has 0 radical (unpaired) electrons. The van der Waals surface area contributed by atoms with Crippen molar-refractivity contribution in [3.63, 3.8) is 0 Å². The van der Waals surface area contributed by atoms with Crippen LogP contribution in [0.2, 0.25) is 0 Å². The van der Waals surface area contributed by atoms with E-state index in [0.717, 1.165) is 12.2 Å². The van der Waals surface area contributed by atoms with Crippen molar-refractivity contribution in [2.24, 2.45) is 11.8 Å². The van der Waals surface area contributed by atoms with E-state index < -0.39 is 10.0 Å². The molecule has 1 aliphatic heterocycles. The fraction of sp³-hybridized carbons (Fsp3) is 0.409. The summed E-state index contributed by atoms with van der Waals surface area (Å²) in [6, 6.07) is 13.2. The van der Waals surface area contributed by atoms with E-state index in [4.69, 9.17) is 4.74 Å². The third kappa shape index (κ3) is 5.16. The summed E-state index contributed by atoms with van der Waals surface area (Å²) in [7, 11) is -3.55. The van der Waals surface area contributed by atoms with Gasteiger partial charge in [-0.2, -0.15) is 4.31 Å². The molecule has 2 aromatic rings. The lowest BCUT2D eigenvalue weighted by Crippen LogP contribution is -2.42. The van der Waals surface area contributed by atoms with Gasteiger partial charge < -0.3 is 10.1 Å². The Hall–Kier alpha value is -2.38. The van der Waals surface area contributed by atoms with Gasteiger partial charge in [-0.05, 0) is 73.7 Å². The molecule has 0 saturated carbocycles. The largest absolute Gasteiger partial charge is 0.494 e. The lowest BCUT2D eigenvalue weighted by atomic mass is 9.94. The molecular weight excluding hydrogens is 388 g/mol. The second kappa shape index (κ2) is 8.97. The summed E-state index contributed by atoms with van der Waals surface area (Å²) in [4.78, 5) is 12.7. The first kappa shape index (κ1) is 21.3. The Balaban J connectivity index is 1.69. The van der Waals surface area contributed by atoms with Gasteiger partial charge in [0.2, 0.25) is 10.0 Å². The lowest BCUT2D eigenvalue weighted by molar-refractivity contribution is 0.102. The number of nitrogens with one attached hydrogen (secondary N) is 1. The van der Waals surface area contributed by atoms with Crippen molar-refractivity contribution in [2.45, 2.75) is 32.1 Å². The number of amides is 1. The zero-order valence-electron chi connectivity index (χ0n) is 17.1. The summed E-state index contributed by atoms with van der Waals surface area (Å²) in [5.41, 5.74) is 1.05. The van der Waals surface area contributed by atoms with E-state index in [1.165, 1.54) is 12.1 Å². The highest BCUT2D eigenvalue weighted by atomic mass is 32.2. The van der Waals surface area contributed by atoms with Gasteiger partial charge in [-0.25, -0.2) is 8.42 Å². The van der Waals surface area contributed by atoms with Gasteiger partial charge in [0.25, 0.3) is 5.91 Å². The molecule has 156 valence electrons. The van der Waals surface area contributed by atoms with Gasteiger partial charge in [0.15, 0.2) is 0 Å². The highest BCUT2D eigenvalue weighted by Crippen LogP contribution is 2.27. The van der Waals surface area contributed by atoms with E-state index in [9.17, 15) is 13.2 Å². The number of hydrogen-bond donors (Lipinski definition) is 1. The van der Waals surface area contributed by atoms with E-state index in [1.807, 2.05) is 6.92 Å². The van der Waals surface area contributed by atoms with Crippen LogP contribution < -0.4 is 10.1 Å². The fourth-order valence-electron chi connectivity index (χ4n) is 3.73. The van der Waals surface area contributed by atoms with Crippen molar-refractivity contribution < 1.29 is 17.9 Å². The summed E-state index contributed by atoms with van der Waals surface area (Å²) in [5, 5.41) is 2.81. The topological polar surface area (TPSA) is 75.7 Å². The molecule has 1 fully saturated rings. The molecule has 1 heterocycles. The summed E-state index contributed by atoms with van der Waals surface area (Å²) < 4.78 is 32.8. The minimum absolute atomic E-state index is 0.219. The smallest absolute Gasteiger partial charge is 0.255 e. The summed E-state index contributed by atoms with van der Waals surface area (Å²) in [6.07, 6.45) is 1.04. The molecule has 0 unspecified atom stereocenters. The molecule has 7 heteroatoms. The fourth-order valence-corrected chi connectivity index (χ4v) is 5.41. The van der Waals surface area contributed by atoms with Gasteiger partial charge >= 0.3 is 0 Å². The van der Waals surface area contributed by atoms with Crippen LogP contribution in [0.25, 0.3) is 0 Å². The minimum Gasteiger partial charge on any atom is -0.494 e. The first-order valence-corrected chi connectivity index (χ1v) is 11.4. The third-order valence-corrected chi connectivity index (χ3v) is 6.86. The van der Waals surface area contributed by atoms with Gasteiger partial charge in [-0.15, -0.1) is 0 Å². The van der Waals surface area contributed by atoms with Crippen LogP contribution in [-0.2, 0) is 10.0 Å². The molecule has 2 aromatic carbocycles. The number of benzene rings is 2. The molecule has 1 amide bonds. The average Bonchev–Trinajstić information content (AvgIpc) is 2.69. The highest BCUT2D eigenvalue weighted by molar-refractivity contribution is 7.89. The second-order valence-electron chi connectivity index (χ2n) is 7.70. The number of ether oxygens (including phenoxy) is 1. The van der Waals surface area contributed by atoms with Crippen molar-refractivity contribution >= 4 is 21.6 Å². The van der Waals surface area contributed by atoms with Gasteiger partial charge in [-0.3, -0.25) is 4.79 Å². The van der Waals surface area contributed by atoms with E-state index in [0.29, 0.717) is 42.8 Å². The average molecular weight is 417 g/mol. The van der Waals surface area contributed by atoms with Crippen molar-refractivity contribution in [1.82, 2.24) is 4.31 Å². The Bertz CT molecular complexity index is 930. The van der Waals surface area contributed by atoms with Crippen molar-refractivity contribution in [3.8, 4) is 5.75 Å². The van der Waals surface area contributed by atoms with Gasteiger partial charge in [-0.1, -0.05) is 13.8 Å². The molecule has 1 saturated heterocycles. The molecule has 3 rings (SSSR count). The number of rotatable bonds is 6. The Labute approximate surface area is 172 Å². The SMILES string of the molecule is CCOc1ccc(NC(=O)c2ccc(S(=O)(=O)N3C[C@@H](C)C[C@H](C)C3)cc2)cc1. The van der Waals surface area contributed by atoms with E-state index in [-0.39, 0.29) is 10.8 Å². The zero-order chi connectivity index (χ0) is 21.0. The molecular formula is C22H28N2O4S. The molecule has 0 aliphatic carbocycles. The van der Waals surface area contributed by atoms with Crippen molar-refractivity contribution in [1.29, 1.82) is 0 Å². The standard InChI is InChI=1S/C22H28N2O4S/c1-4-28-20-9-7-19(8-10-20)23-22(25)18-5-11-21(12-6-18)29(26,27)24-14-16(2)13-17(3)15-24/h5-12,16-17H,4,13-15H2,1-3H3,(H,23,25)/t16-,17-/m0/s1. The highest BCUT2D eigenvalue weighted by Gasteiger charge is 2.31.